The molecule has 0 amide bonds. The molecule has 0 spiro atoms. The lowest BCUT2D eigenvalue weighted by atomic mass is 10.2. The molecule has 0 atom stereocenters. The van der Waals surface area contributed by atoms with Crippen LogP contribution in [0, 0.1) is 0 Å². The van der Waals surface area contributed by atoms with E-state index in [1.807, 2.05) is 30.3 Å². The minimum absolute atomic E-state index is 0.251. The lowest BCUT2D eigenvalue weighted by molar-refractivity contribution is 0.174. The van der Waals surface area contributed by atoms with Crippen LogP contribution in [0.4, 0.5) is 0 Å². The van der Waals surface area contributed by atoms with Crippen molar-refractivity contribution in [2.75, 3.05) is 6.79 Å². The Kier molecular flexibility index (Phi) is 3.28. The molecular weight excluding hydrogens is 256 g/mol. The van der Waals surface area contributed by atoms with Crippen LogP contribution >= 0.6 is 0 Å². The SMILES string of the molecule is NC(=NN=Cc1ccc2c(c1)OCO2)c1ccccn1. The van der Waals surface area contributed by atoms with Crippen molar-refractivity contribution in [2.24, 2.45) is 15.9 Å². The molecule has 0 fully saturated rings. The predicted octanol–water partition coefficient (Wildman–Crippen LogP) is 1.55. The summed E-state index contributed by atoms with van der Waals surface area (Å²) in [6, 6.07) is 10.9. The number of nitrogens with two attached hydrogens (primary N) is 1. The summed E-state index contributed by atoms with van der Waals surface area (Å²) in [7, 11) is 0. The van der Waals surface area contributed by atoms with E-state index in [0.717, 1.165) is 11.3 Å². The van der Waals surface area contributed by atoms with Crippen LogP contribution in [0.3, 0.4) is 0 Å². The number of hydrogen-bond donors (Lipinski definition) is 1. The maximum absolute atomic E-state index is 5.78. The van der Waals surface area contributed by atoms with Gasteiger partial charge in [0.25, 0.3) is 0 Å². The third kappa shape index (κ3) is 2.59. The van der Waals surface area contributed by atoms with E-state index in [1.165, 1.54) is 0 Å². The lowest BCUT2D eigenvalue weighted by Gasteiger charge is -1.97. The Balaban J connectivity index is 1.74. The van der Waals surface area contributed by atoms with E-state index < -0.39 is 0 Å². The van der Waals surface area contributed by atoms with Crippen molar-refractivity contribution in [1.82, 2.24) is 4.98 Å². The van der Waals surface area contributed by atoms with Gasteiger partial charge in [0.1, 0.15) is 5.69 Å². The van der Waals surface area contributed by atoms with Crippen molar-refractivity contribution in [3.05, 3.63) is 53.9 Å². The Morgan fingerprint density at radius 3 is 2.95 bits per heavy atom. The van der Waals surface area contributed by atoms with Crippen LogP contribution < -0.4 is 15.2 Å². The molecule has 1 aromatic heterocycles. The molecule has 0 bridgehead atoms. The molecular formula is C14H12N4O2. The smallest absolute Gasteiger partial charge is 0.231 e. The van der Waals surface area contributed by atoms with E-state index in [0.29, 0.717) is 11.4 Å². The molecule has 2 aromatic rings. The predicted molar refractivity (Wildman–Crippen MR) is 75.1 cm³/mol. The minimum atomic E-state index is 0.251. The van der Waals surface area contributed by atoms with Gasteiger partial charge >= 0.3 is 0 Å². The molecule has 0 saturated heterocycles. The molecule has 2 N–H and O–H groups in total. The van der Waals surface area contributed by atoms with Crippen LogP contribution in [0.5, 0.6) is 11.5 Å². The Morgan fingerprint density at radius 2 is 2.10 bits per heavy atom. The Labute approximate surface area is 115 Å². The molecule has 0 radical (unpaired) electrons. The highest BCUT2D eigenvalue weighted by molar-refractivity contribution is 5.96. The number of aromatic nitrogens is 1. The zero-order valence-electron chi connectivity index (χ0n) is 10.6. The molecule has 1 aliphatic rings. The summed E-state index contributed by atoms with van der Waals surface area (Å²) in [5.74, 6) is 1.71. The molecule has 0 aliphatic carbocycles. The fraction of sp³-hybridized carbons (Fsp3) is 0.0714. The summed E-state index contributed by atoms with van der Waals surface area (Å²) in [5.41, 5.74) is 7.22. The number of rotatable bonds is 3. The van der Waals surface area contributed by atoms with Crippen LogP contribution in [0.2, 0.25) is 0 Å². The zero-order valence-corrected chi connectivity index (χ0v) is 10.6. The number of amidine groups is 1. The van der Waals surface area contributed by atoms with Gasteiger partial charge in [-0.3, -0.25) is 4.98 Å². The van der Waals surface area contributed by atoms with E-state index in [9.17, 15) is 0 Å². The third-order valence-corrected chi connectivity index (χ3v) is 2.70. The van der Waals surface area contributed by atoms with E-state index in [-0.39, 0.29) is 12.6 Å². The molecule has 1 aromatic carbocycles. The fourth-order valence-electron chi connectivity index (χ4n) is 1.72. The molecule has 1 aliphatic heterocycles. The van der Waals surface area contributed by atoms with Gasteiger partial charge in [0.05, 0.1) is 6.21 Å². The second kappa shape index (κ2) is 5.40. The highest BCUT2D eigenvalue weighted by atomic mass is 16.7. The number of benzene rings is 1. The monoisotopic (exact) mass is 268 g/mol. The quantitative estimate of drug-likeness (QED) is 0.520. The van der Waals surface area contributed by atoms with Crippen molar-refractivity contribution in [1.29, 1.82) is 0 Å². The number of nitrogens with zero attached hydrogens (tertiary/aromatic N) is 3. The summed E-state index contributed by atoms with van der Waals surface area (Å²) in [6.45, 7) is 0.251. The van der Waals surface area contributed by atoms with Gasteiger partial charge in [0, 0.05) is 6.20 Å². The van der Waals surface area contributed by atoms with E-state index in [4.69, 9.17) is 15.2 Å². The standard InChI is InChI=1S/C14H12N4O2/c15-14(11-3-1-2-6-16-11)18-17-8-10-4-5-12-13(7-10)20-9-19-12/h1-8H,9H2,(H2,15,18). The van der Waals surface area contributed by atoms with Gasteiger partial charge in [0.15, 0.2) is 17.3 Å². The summed E-state index contributed by atoms with van der Waals surface area (Å²) >= 11 is 0. The van der Waals surface area contributed by atoms with Crippen LogP contribution in [0.15, 0.2) is 52.8 Å². The van der Waals surface area contributed by atoms with Crippen molar-refractivity contribution in [2.45, 2.75) is 0 Å². The zero-order chi connectivity index (χ0) is 13.8. The Bertz CT molecular complexity index is 668. The van der Waals surface area contributed by atoms with E-state index in [1.54, 1.807) is 18.5 Å². The summed E-state index contributed by atoms with van der Waals surface area (Å²) in [6.07, 6.45) is 3.25. The first-order valence-corrected chi connectivity index (χ1v) is 6.00. The van der Waals surface area contributed by atoms with Gasteiger partial charge in [-0.2, -0.15) is 5.10 Å². The number of hydrogen-bond acceptors (Lipinski definition) is 5. The second-order valence-electron chi connectivity index (χ2n) is 4.06. The van der Waals surface area contributed by atoms with Crippen molar-refractivity contribution in [3.63, 3.8) is 0 Å². The van der Waals surface area contributed by atoms with Gasteiger partial charge in [-0.25, -0.2) is 0 Å². The number of fused-ring (bicyclic) bond motifs is 1. The van der Waals surface area contributed by atoms with Crippen LogP contribution in [-0.4, -0.2) is 23.8 Å². The van der Waals surface area contributed by atoms with Gasteiger partial charge in [-0.15, -0.1) is 5.10 Å². The number of ether oxygens (including phenoxy) is 2. The van der Waals surface area contributed by atoms with Crippen molar-refractivity contribution < 1.29 is 9.47 Å². The maximum Gasteiger partial charge on any atom is 0.231 e. The van der Waals surface area contributed by atoms with E-state index in [2.05, 4.69) is 15.2 Å². The van der Waals surface area contributed by atoms with Crippen LogP contribution in [-0.2, 0) is 0 Å². The molecule has 100 valence electrons. The first-order chi connectivity index (χ1) is 9.83. The second-order valence-corrected chi connectivity index (χ2v) is 4.06. The molecule has 20 heavy (non-hydrogen) atoms. The Hall–Kier alpha value is -2.89. The van der Waals surface area contributed by atoms with Gasteiger partial charge in [-0.05, 0) is 35.9 Å². The average molecular weight is 268 g/mol. The fourth-order valence-corrected chi connectivity index (χ4v) is 1.72. The highest BCUT2D eigenvalue weighted by Gasteiger charge is 2.12. The molecule has 0 saturated carbocycles. The average Bonchev–Trinajstić information content (AvgIpc) is 2.95. The van der Waals surface area contributed by atoms with E-state index >= 15 is 0 Å². The molecule has 0 unspecified atom stereocenters. The van der Waals surface area contributed by atoms with Gasteiger partial charge in [0.2, 0.25) is 6.79 Å². The minimum Gasteiger partial charge on any atom is -0.454 e. The normalized spacial score (nSPS) is 13.9. The van der Waals surface area contributed by atoms with Crippen molar-refractivity contribution in [3.8, 4) is 11.5 Å². The van der Waals surface area contributed by atoms with Crippen molar-refractivity contribution >= 4 is 12.1 Å². The third-order valence-electron chi connectivity index (χ3n) is 2.70. The first-order valence-electron chi connectivity index (χ1n) is 6.00. The van der Waals surface area contributed by atoms with Crippen LogP contribution in [0.25, 0.3) is 0 Å². The van der Waals surface area contributed by atoms with Gasteiger partial charge < -0.3 is 15.2 Å². The molecule has 2 heterocycles. The van der Waals surface area contributed by atoms with Crippen LogP contribution in [0.1, 0.15) is 11.3 Å². The maximum atomic E-state index is 5.78. The molecule has 6 heteroatoms. The Morgan fingerprint density at radius 1 is 1.20 bits per heavy atom. The van der Waals surface area contributed by atoms with Gasteiger partial charge in [-0.1, -0.05) is 6.07 Å². The lowest BCUT2D eigenvalue weighted by Crippen LogP contribution is -2.14. The first kappa shape index (κ1) is 12.2. The highest BCUT2D eigenvalue weighted by Crippen LogP contribution is 2.31. The summed E-state index contributed by atoms with van der Waals surface area (Å²) < 4.78 is 10.5. The topological polar surface area (TPSA) is 82.1 Å². The summed E-state index contributed by atoms with van der Waals surface area (Å²) in [4.78, 5) is 4.09. The largest absolute Gasteiger partial charge is 0.454 e. The number of pyridine rings is 1. The molecule has 3 rings (SSSR count). The summed E-state index contributed by atoms with van der Waals surface area (Å²) in [5, 5.41) is 7.86. The molecule has 6 nitrogen and oxygen atoms in total.